The molecule has 3 atom stereocenters. The summed E-state index contributed by atoms with van der Waals surface area (Å²) in [5.41, 5.74) is 1.12. The van der Waals surface area contributed by atoms with Crippen molar-refractivity contribution in [1.82, 2.24) is 4.90 Å². The van der Waals surface area contributed by atoms with Crippen LogP contribution in [0.2, 0.25) is 0 Å². The van der Waals surface area contributed by atoms with Crippen LogP contribution in [0.25, 0.3) is 0 Å². The number of carbonyl (C=O) groups excluding carboxylic acids is 1. The van der Waals surface area contributed by atoms with Crippen LogP contribution in [0.3, 0.4) is 0 Å². The van der Waals surface area contributed by atoms with E-state index in [1.54, 1.807) is 6.92 Å². The molecule has 5 heteroatoms. The van der Waals surface area contributed by atoms with Gasteiger partial charge in [-0.05, 0) is 26.0 Å². The van der Waals surface area contributed by atoms with E-state index in [2.05, 4.69) is 0 Å². The summed E-state index contributed by atoms with van der Waals surface area (Å²) in [6.45, 7) is 3.95. The molecule has 1 heterocycles. The Hall–Kier alpha value is -1.59. The second-order valence-electron chi connectivity index (χ2n) is 4.95. The number of hydrogen-bond acceptors (Lipinski definition) is 4. The lowest BCUT2D eigenvalue weighted by Crippen LogP contribution is -2.39. The van der Waals surface area contributed by atoms with Gasteiger partial charge in [-0.25, -0.2) is 0 Å². The number of aryl methyl sites for hydroxylation is 1. The molecule has 2 rings (SSSR count). The van der Waals surface area contributed by atoms with E-state index in [0.29, 0.717) is 5.75 Å². The largest absolute Gasteiger partial charge is 0.481 e. The Labute approximate surface area is 112 Å². The Morgan fingerprint density at radius 2 is 1.79 bits per heavy atom. The highest BCUT2D eigenvalue weighted by Crippen LogP contribution is 2.16. The first-order chi connectivity index (χ1) is 8.97. The molecule has 1 aliphatic rings. The molecule has 1 aromatic carbocycles. The first-order valence-electron chi connectivity index (χ1n) is 6.35. The van der Waals surface area contributed by atoms with Gasteiger partial charge in [0.2, 0.25) is 0 Å². The van der Waals surface area contributed by atoms with Crippen LogP contribution in [0.1, 0.15) is 12.5 Å². The van der Waals surface area contributed by atoms with Crippen molar-refractivity contribution in [3.05, 3.63) is 29.8 Å². The molecule has 1 amide bonds. The van der Waals surface area contributed by atoms with E-state index < -0.39 is 18.3 Å². The lowest BCUT2D eigenvalue weighted by atomic mass is 10.2. The van der Waals surface area contributed by atoms with Gasteiger partial charge < -0.3 is 19.8 Å². The van der Waals surface area contributed by atoms with Gasteiger partial charge in [0, 0.05) is 13.1 Å². The van der Waals surface area contributed by atoms with Gasteiger partial charge in [-0.2, -0.15) is 0 Å². The number of benzene rings is 1. The van der Waals surface area contributed by atoms with E-state index in [1.165, 1.54) is 4.90 Å². The predicted molar refractivity (Wildman–Crippen MR) is 69.9 cm³/mol. The summed E-state index contributed by atoms with van der Waals surface area (Å²) in [5.74, 6) is 0.405. The summed E-state index contributed by atoms with van der Waals surface area (Å²) in [4.78, 5) is 13.5. The first kappa shape index (κ1) is 13.8. The maximum absolute atomic E-state index is 12.1. The third kappa shape index (κ3) is 3.24. The van der Waals surface area contributed by atoms with Gasteiger partial charge in [-0.3, -0.25) is 4.79 Å². The highest BCUT2D eigenvalue weighted by molar-refractivity contribution is 5.81. The summed E-state index contributed by atoms with van der Waals surface area (Å²) in [7, 11) is 0. The van der Waals surface area contributed by atoms with Crippen LogP contribution in [0, 0.1) is 6.92 Å². The lowest BCUT2D eigenvalue weighted by Gasteiger charge is -2.21. The Morgan fingerprint density at radius 3 is 2.32 bits per heavy atom. The summed E-state index contributed by atoms with van der Waals surface area (Å²) in [6, 6.07) is 7.45. The smallest absolute Gasteiger partial charge is 0.263 e. The first-order valence-corrected chi connectivity index (χ1v) is 6.35. The molecule has 1 aliphatic heterocycles. The zero-order valence-electron chi connectivity index (χ0n) is 11.1. The number of carbonyl (C=O) groups is 1. The molecule has 0 radical (unpaired) electrons. The quantitative estimate of drug-likeness (QED) is 0.826. The minimum Gasteiger partial charge on any atom is -0.481 e. The second-order valence-corrected chi connectivity index (χ2v) is 4.95. The van der Waals surface area contributed by atoms with Crippen molar-refractivity contribution in [3.63, 3.8) is 0 Å². The maximum Gasteiger partial charge on any atom is 0.263 e. The van der Waals surface area contributed by atoms with Crippen LogP contribution in [-0.4, -0.2) is 52.4 Å². The molecular weight excluding hydrogens is 246 g/mol. The predicted octanol–water partition coefficient (Wildman–Crippen LogP) is 0.326. The van der Waals surface area contributed by atoms with E-state index in [-0.39, 0.29) is 19.0 Å². The number of amides is 1. The Morgan fingerprint density at radius 1 is 1.26 bits per heavy atom. The fourth-order valence-electron chi connectivity index (χ4n) is 2.08. The third-order valence-corrected chi connectivity index (χ3v) is 3.25. The Kier molecular flexibility index (Phi) is 4.07. The maximum atomic E-state index is 12.1. The van der Waals surface area contributed by atoms with Crippen molar-refractivity contribution < 1.29 is 19.7 Å². The van der Waals surface area contributed by atoms with Crippen molar-refractivity contribution in [2.45, 2.75) is 32.2 Å². The summed E-state index contributed by atoms with van der Waals surface area (Å²) < 4.78 is 5.56. The molecule has 19 heavy (non-hydrogen) atoms. The molecule has 2 N–H and O–H groups in total. The summed E-state index contributed by atoms with van der Waals surface area (Å²) in [6.07, 6.45) is -2.37. The van der Waals surface area contributed by atoms with Crippen molar-refractivity contribution in [2.75, 3.05) is 13.1 Å². The molecule has 1 aromatic rings. The number of ether oxygens (including phenoxy) is 1. The van der Waals surface area contributed by atoms with Gasteiger partial charge >= 0.3 is 0 Å². The van der Waals surface area contributed by atoms with E-state index >= 15 is 0 Å². The average Bonchev–Trinajstić information content (AvgIpc) is 2.71. The number of β-amino-alcohol motifs (C(OH)–C–C–N with tert-alkyl or cyclic N) is 2. The van der Waals surface area contributed by atoms with Gasteiger partial charge in [-0.15, -0.1) is 0 Å². The lowest BCUT2D eigenvalue weighted by molar-refractivity contribution is -0.137. The summed E-state index contributed by atoms with van der Waals surface area (Å²) >= 11 is 0. The summed E-state index contributed by atoms with van der Waals surface area (Å²) in [5, 5.41) is 18.9. The second kappa shape index (κ2) is 5.59. The minimum absolute atomic E-state index is 0.154. The van der Waals surface area contributed by atoms with Crippen LogP contribution in [0.4, 0.5) is 0 Å². The number of aliphatic hydroxyl groups is 2. The topological polar surface area (TPSA) is 70.0 Å². The molecule has 3 unspecified atom stereocenters. The minimum atomic E-state index is -0.865. The number of aliphatic hydroxyl groups excluding tert-OH is 2. The molecule has 0 bridgehead atoms. The van der Waals surface area contributed by atoms with Crippen molar-refractivity contribution in [1.29, 1.82) is 0 Å². The van der Waals surface area contributed by atoms with E-state index in [0.717, 1.165) is 5.56 Å². The van der Waals surface area contributed by atoms with Gasteiger partial charge in [0.1, 0.15) is 5.75 Å². The number of likely N-dealkylation sites (tertiary alicyclic amines) is 1. The van der Waals surface area contributed by atoms with Gasteiger partial charge in [-0.1, -0.05) is 17.7 Å². The average molecular weight is 265 g/mol. The van der Waals surface area contributed by atoms with Gasteiger partial charge in [0.25, 0.3) is 5.91 Å². The van der Waals surface area contributed by atoms with E-state index in [4.69, 9.17) is 4.74 Å². The number of rotatable bonds is 3. The van der Waals surface area contributed by atoms with E-state index in [1.807, 2.05) is 31.2 Å². The molecule has 104 valence electrons. The van der Waals surface area contributed by atoms with Crippen LogP contribution in [0.15, 0.2) is 24.3 Å². The molecule has 0 aromatic heterocycles. The van der Waals surface area contributed by atoms with E-state index in [9.17, 15) is 15.0 Å². The van der Waals surface area contributed by atoms with Crippen LogP contribution >= 0.6 is 0 Å². The number of hydrogen-bond donors (Lipinski definition) is 2. The van der Waals surface area contributed by atoms with Crippen LogP contribution in [-0.2, 0) is 4.79 Å². The highest BCUT2D eigenvalue weighted by atomic mass is 16.5. The molecule has 0 spiro atoms. The zero-order chi connectivity index (χ0) is 14.0. The normalized spacial score (nSPS) is 24.3. The monoisotopic (exact) mass is 265 g/mol. The zero-order valence-corrected chi connectivity index (χ0v) is 11.1. The van der Waals surface area contributed by atoms with Crippen molar-refractivity contribution >= 4 is 5.91 Å². The highest BCUT2D eigenvalue weighted by Gasteiger charge is 2.34. The standard InChI is InChI=1S/C14H19NO4/c1-9-3-5-11(6-4-9)19-10(2)14(18)15-7-12(16)13(17)8-15/h3-6,10,12-13,16-17H,7-8H2,1-2H3. The van der Waals surface area contributed by atoms with Crippen LogP contribution < -0.4 is 4.74 Å². The fraction of sp³-hybridized carbons (Fsp3) is 0.500. The van der Waals surface area contributed by atoms with Crippen LogP contribution in [0.5, 0.6) is 5.75 Å². The van der Waals surface area contributed by atoms with Gasteiger partial charge in [0.05, 0.1) is 12.2 Å². The Bertz CT molecular complexity index is 435. The Balaban J connectivity index is 1.94. The van der Waals surface area contributed by atoms with Crippen molar-refractivity contribution in [2.24, 2.45) is 0 Å². The molecule has 1 fully saturated rings. The number of nitrogens with zero attached hydrogens (tertiary/aromatic N) is 1. The molecule has 0 saturated carbocycles. The third-order valence-electron chi connectivity index (χ3n) is 3.25. The molecular formula is C14H19NO4. The molecule has 0 aliphatic carbocycles. The van der Waals surface area contributed by atoms with Crippen molar-refractivity contribution in [3.8, 4) is 5.75 Å². The SMILES string of the molecule is Cc1ccc(OC(C)C(=O)N2CC(O)C(O)C2)cc1. The van der Waals surface area contributed by atoms with Gasteiger partial charge in [0.15, 0.2) is 6.10 Å². The molecule has 1 saturated heterocycles. The fourth-order valence-corrected chi connectivity index (χ4v) is 2.08. The molecule has 5 nitrogen and oxygen atoms in total.